The minimum atomic E-state index is 0.473. The molecule has 17 heavy (non-hydrogen) atoms. The maximum atomic E-state index is 5.63. The molecule has 0 aliphatic rings. The number of benzene rings is 1. The van der Waals surface area contributed by atoms with E-state index in [0.717, 1.165) is 24.3 Å². The number of nitrogen functional groups attached to an aromatic ring is 1. The summed E-state index contributed by atoms with van der Waals surface area (Å²) < 4.78 is 5.63. The molecule has 1 aromatic carbocycles. The molecule has 0 aliphatic heterocycles. The highest BCUT2D eigenvalue weighted by molar-refractivity contribution is 7.13. The molecule has 0 aliphatic carbocycles. The molecular formula is C13H16N2OS. The summed E-state index contributed by atoms with van der Waals surface area (Å²) in [6.45, 7) is 2.65. The SMILES string of the molecule is CCCc1ccc(OCc2csc(N)n2)cc1. The quantitative estimate of drug-likeness (QED) is 0.883. The van der Waals surface area contributed by atoms with Crippen LogP contribution in [-0.4, -0.2) is 4.98 Å². The van der Waals surface area contributed by atoms with Gasteiger partial charge in [0.1, 0.15) is 12.4 Å². The molecule has 0 fully saturated rings. The van der Waals surface area contributed by atoms with E-state index in [0.29, 0.717) is 11.7 Å². The fourth-order valence-corrected chi connectivity index (χ4v) is 2.13. The van der Waals surface area contributed by atoms with Crippen molar-refractivity contribution in [3.63, 3.8) is 0 Å². The molecule has 4 heteroatoms. The molecule has 0 bridgehead atoms. The minimum absolute atomic E-state index is 0.473. The van der Waals surface area contributed by atoms with Crippen molar-refractivity contribution in [2.24, 2.45) is 0 Å². The lowest BCUT2D eigenvalue weighted by Gasteiger charge is -2.05. The zero-order chi connectivity index (χ0) is 12.1. The van der Waals surface area contributed by atoms with Gasteiger partial charge in [-0.2, -0.15) is 0 Å². The van der Waals surface area contributed by atoms with Crippen molar-refractivity contribution >= 4 is 16.5 Å². The number of aryl methyl sites for hydroxylation is 1. The lowest BCUT2D eigenvalue weighted by atomic mass is 10.1. The van der Waals surface area contributed by atoms with Crippen LogP contribution >= 0.6 is 11.3 Å². The Kier molecular flexibility index (Phi) is 3.98. The van der Waals surface area contributed by atoms with Crippen LogP contribution in [0.15, 0.2) is 29.6 Å². The van der Waals surface area contributed by atoms with E-state index in [1.54, 1.807) is 0 Å². The fraction of sp³-hybridized carbons (Fsp3) is 0.308. The van der Waals surface area contributed by atoms with E-state index in [-0.39, 0.29) is 0 Å². The third-order valence-electron chi connectivity index (χ3n) is 2.42. The number of hydrogen-bond donors (Lipinski definition) is 1. The Balaban J connectivity index is 1.90. The number of hydrogen-bond acceptors (Lipinski definition) is 4. The Bertz CT molecular complexity index is 465. The Hall–Kier alpha value is -1.55. The standard InChI is InChI=1S/C13H16N2OS/c1-2-3-10-4-6-12(7-5-10)16-8-11-9-17-13(14)15-11/h4-7,9H,2-3,8H2,1H3,(H2,14,15). The summed E-state index contributed by atoms with van der Waals surface area (Å²) in [5, 5.41) is 2.50. The topological polar surface area (TPSA) is 48.1 Å². The van der Waals surface area contributed by atoms with Crippen LogP contribution in [0.5, 0.6) is 5.75 Å². The van der Waals surface area contributed by atoms with Gasteiger partial charge in [0, 0.05) is 5.38 Å². The highest BCUT2D eigenvalue weighted by Gasteiger charge is 2.00. The van der Waals surface area contributed by atoms with Gasteiger partial charge in [-0.25, -0.2) is 4.98 Å². The monoisotopic (exact) mass is 248 g/mol. The van der Waals surface area contributed by atoms with Gasteiger partial charge in [0.25, 0.3) is 0 Å². The van der Waals surface area contributed by atoms with Crippen molar-refractivity contribution in [3.8, 4) is 5.75 Å². The molecule has 0 atom stereocenters. The summed E-state index contributed by atoms with van der Waals surface area (Å²) in [4.78, 5) is 4.14. The van der Waals surface area contributed by atoms with Crippen LogP contribution in [0.25, 0.3) is 0 Å². The first kappa shape index (κ1) is 11.9. The number of nitrogens with zero attached hydrogens (tertiary/aromatic N) is 1. The second-order valence-corrected chi connectivity index (χ2v) is 4.75. The van der Waals surface area contributed by atoms with Crippen molar-refractivity contribution in [3.05, 3.63) is 40.9 Å². The molecule has 0 spiro atoms. The van der Waals surface area contributed by atoms with E-state index in [1.165, 1.54) is 16.9 Å². The number of ether oxygens (including phenoxy) is 1. The molecule has 0 saturated heterocycles. The number of rotatable bonds is 5. The van der Waals surface area contributed by atoms with E-state index in [4.69, 9.17) is 10.5 Å². The smallest absolute Gasteiger partial charge is 0.180 e. The normalized spacial score (nSPS) is 10.4. The molecule has 2 N–H and O–H groups in total. The number of thiazole rings is 1. The van der Waals surface area contributed by atoms with E-state index < -0.39 is 0 Å². The molecule has 1 aromatic heterocycles. The van der Waals surface area contributed by atoms with Gasteiger partial charge >= 0.3 is 0 Å². The van der Waals surface area contributed by atoms with Crippen molar-refractivity contribution < 1.29 is 4.74 Å². The molecule has 2 aromatic rings. The van der Waals surface area contributed by atoms with Crippen molar-refractivity contribution in [1.29, 1.82) is 0 Å². The molecule has 0 unspecified atom stereocenters. The zero-order valence-corrected chi connectivity index (χ0v) is 10.7. The van der Waals surface area contributed by atoms with Crippen LogP contribution in [-0.2, 0) is 13.0 Å². The van der Waals surface area contributed by atoms with E-state index in [9.17, 15) is 0 Å². The average Bonchev–Trinajstić information content (AvgIpc) is 2.75. The van der Waals surface area contributed by atoms with E-state index in [1.807, 2.05) is 17.5 Å². The molecule has 1 heterocycles. The highest BCUT2D eigenvalue weighted by Crippen LogP contribution is 2.16. The van der Waals surface area contributed by atoms with Crippen molar-refractivity contribution in [2.45, 2.75) is 26.4 Å². The zero-order valence-electron chi connectivity index (χ0n) is 9.85. The van der Waals surface area contributed by atoms with Crippen LogP contribution < -0.4 is 10.5 Å². The van der Waals surface area contributed by atoms with E-state index in [2.05, 4.69) is 24.0 Å². The third-order valence-corrected chi connectivity index (χ3v) is 3.14. The van der Waals surface area contributed by atoms with Gasteiger partial charge in [-0.1, -0.05) is 25.5 Å². The predicted molar refractivity (Wildman–Crippen MR) is 71.3 cm³/mol. The molecule has 0 amide bonds. The largest absolute Gasteiger partial charge is 0.487 e. The Morgan fingerprint density at radius 2 is 2.06 bits per heavy atom. The van der Waals surface area contributed by atoms with Gasteiger partial charge in [-0.3, -0.25) is 0 Å². The maximum absolute atomic E-state index is 5.63. The summed E-state index contributed by atoms with van der Waals surface area (Å²) >= 11 is 1.44. The van der Waals surface area contributed by atoms with Crippen LogP contribution in [0.2, 0.25) is 0 Å². The first-order valence-electron chi connectivity index (χ1n) is 5.69. The summed E-state index contributed by atoms with van der Waals surface area (Å²) in [6, 6.07) is 8.21. The summed E-state index contributed by atoms with van der Waals surface area (Å²) in [7, 11) is 0. The van der Waals surface area contributed by atoms with Crippen LogP contribution in [0.3, 0.4) is 0 Å². The number of nitrogens with two attached hydrogens (primary N) is 1. The third kappa shape index (κ3) is 3.46. The van der Waals surface area contributed by atoms with Gasteiger partial charge < -0.3 is 10.5 Å². The van der Waals surface area contributed by atoms with Gasteiger partial charge in [0.05, 0.1) is 5.69 Å². The first-order chi connectivity index (χ1) is 8.28. The number of anilines is 1. The molecule has 3 nitrogen and oxygen atoms in total. The van der Waals surface area contributed by atoms with Gasteiger partial charge in [0.2, 0.25) is 0 Å². The molecular weight excluding hydrogens is 232 g/mol. The Morgan fingerprint density at radius 1 is 1.29 bits per heavy atom. The second kappa shape index (κ2) is 5.68. The summed E-state index contributed by atoms with van der Waals surface area (Å²) in [5.74, 6) is 0.872. The Morgan fingerprint density at radius 3 is 2.65 bits per heavy atom. The second-order valence-electron chi connectivity index (χ2n) is 3.86. The van der Waals surface area contributed by atoms with Crippen molar-refractivity contribution in [1.82, 2.24) is 4.98 Å². The van der Waals surface area contributed by atoms with E-state index >= 15 is 0 Å². The lowest BCUT2D eigenvalue weighted by molar-refractivity contribution is 0.302. The van der Waals surface area contributed by atoms with Gasteiger partial charge in [-0.15, -0.1) is 11.3 Å². The molecule has 0 saturated carbocycles. The van der Waals surface area contributed by atoms with Crippen LogP contribution in [0.4, 0.5) is 5.13 Å². The maximum Gasteiger partial charge on any atom is 0.180 e. The summed E-state index contributed by atoms with van der Waals surface area (Å²) in [5.41, 5.74) is 7.78. The first-order valence-corrected chi connectivity index (χ1v) is 6.57. The lowest BCUT2D eigenvalue weighted by Crippen LogP contribution is -1.96. The highest BCUT2D eigenvalue weighted by atomic mass is 32.1. The van der Waals surface area contributed by atoms with Crippen LogP contribution in [0, 0.1) is 0 Å². The average molecular weight is 248 g/mol. The Labute approximate surface area is 105 Å². The predicted octanol–water partition coefficient (Wildman–Crippen LogP) is 3.26. The minimum Gasteiger partial charge on any atom is -0.487 e. The van der Waals surface area contributed by atoms with Gasteiger partial charge in [-0.05, 0) is 24.1 Å². The summed E-state index contributed by atoms with van der Waals surface area (Å²) in [6.07, 6.45) is 2.28. The molecule has 90 valence electrons. The molecule has 2 rings (SSSR count). The number of aromatic nitrogens is 1. The molecule has 0 radical (unpaired) electrons. The van der Waals surface area contributed by atoms with Crippen molar-refractivity contribution in [2.75, 3.05) is 5.73 Å². The fourth-order valence-electron chi connectivity index (χ4n) is 1.59. The van der Waals surface area contributed by atoms with Gasteiger partial charge in [0.15, 0.2) is 5.13 Å². The van der Waals surface area contributed by atoms with Crippen LogP contribution in [0.1, 0.15) is 24.6 Å².